The van der Waals surface area contributed by atoms with Crippen LogP contribution < -0.4 is 11.1 Å². The minimum absolute atomic E-state index is 0.0366. The van der Waals surface area contributed by atoms with Gasteiger partial charge in [0.05, 0.1) is 6.54 Å². The van der Waals surface area contributed by atoms with Crippen LogP contribution in [0.25, 0.3) is 0 Å². The van der Waals surface area contributed by atoms with Crippen LogP contribution in [0.2, 0.25) is 0 Å². The Morgan fingerprint density at radius 2 is 1.95 bits per heavy atom. The van der Waals surface area contributed by atoms with E-state index in [0.717, 1.165) is 6.07 Å². The first kappa shape index (κ1) is 16.3. The van der Waals surface area contributed by atoms with Gasteiger partial charge in [-0.05, 0) is 18.1 Å². The van der Waals surface area contributed by atoms with E-state index >= 15 is 0 Å². The van der Waals surface area contributed by atoms with Crippen LogP contribution >= 0.6 is 0 Å². The van der Waals surface area contributed by atoms with Gasteiger partial charge < -0.3 is 16.0 Å². The molecule has 1 saturated heterocycles. The van der Waals surface area contributed by atoms with Gasteiger partial charge in [0.25, 0.3) is 0 Å². The summed E-state index contributed by atoms with van der Waals surface area (Å²) in [6.45, 7) is 0.722. The summed E-state index contributed by atoms with van der Waals surface area (Å²) >= 11 is 0. The van der Waals surface area contributed by atoms with E-state index in [4.69, 9.17) is 5.73 Å². The molecule has 1 atom stereocenters. The third kappa shape index (κ3) is 3.97. The van der Waals surface area contributed by atoms with E-state index in [0.29, 0.717) is 19.2 Å². The Bertz CT molecular complexity index is 595. The fourth-order valence-corrected chi connectivity index (χ4v) is 2.28. The number of carbonyl (C=O) groups excluding carboxylic acids is 2. The molecule has 0 aromatic heterocycles. The monoisotopic (exact) mass is 315 g/mol. The zero-order valence-corrected chi connectivity index (χ0v) is 11.7. The lowest BCUT2D eigenvalue weighted by molar-refractivity contribution is -0.138. The zero-order valence-electron chi connectivity index (χ0n) is 11.7. The predicted octanol–water partition coefficient (Wildman–Crippen LogP) is 0.322. The Balaban J connectivity index is 1.95. The fourth-order valence-electron chi connectivity index (χ4n) is 2.28. The Kier molecular flexibility index (Phi) is 5.02. The van der Waals surface area contributed by atoms with Crippen molar-refractivity contribution < 1.29 is 22.8 Å². The molecule has 1 aromatic carbocycles. The molecule has 0 saturated carbocycles. The molecule has 22 heavy (non-hydrogen) atoms. The quantitative estimate of drug-likeness (QED) is 0.786. The summed E-state index contributed by atoms with van der Waals surface area (Å²) in [6.07, 6.45) is -0.208. The Labute approximate surface area is 125 Å². The molecule has 1 fully saturated rings. The molecular weight excluding hydrogens is 299 g/mol. The van der Waals surface area contributed by atoms with E-state index in [9.17, 15) is 22.8 Å². The number of hydrogen-bond donors (Lipinski definition) is 2. The molecule has 2 rings (SSSR count). The second-order valence-corrected chi connectivity index (χ2v) is 5.19. The highest BCUT2D eigenvalue weighted by Gasteiger charge is 2.23. The van der Waals surface area contributed by atoms with Gasteiger partial charge in [0.15, 0.2) is 11.6 Å². The predicted molar refractivity (Wildman–Crippen MR) is 72.2 cm³/mol. The lowest BCUT2D eigenvalue weighted by Crippen LogP contribution is -2.51. The molecule has 1 unspecified atom stereocenters. The Hall–Kier alpha value is -2.09. The first-order chi connectivity index (χ1) is 10.4. The van der Waals surface area contributed by atoms with Gasteiger partial charge >= 0.3 is 0 Å². The van der Waals surface area contributed by atoms with Crippen molar-refractivity contribution in [1.29, 1.82) is 0 Å². The van der Waals surface area contributed by atoms with Crippen molar-refractivity contribution in [1.82, 2.24) is 10.2 Å². The highest BCUT2D eigenvalue weighted by molar-refractivity contribution is 5.86. The van der Waals surface area contributed by atoms with Gasteiger partial charge in [-0.25, -0.2) is 13.2 Å². The van der Waals surface area contributed by atoms with Crippen LogP contribution in [-0.2, 0) is 16.0 Å². The fraction of sp³-hybridized carbons (Fsp3) is 0.429. The number of hydrogen-bond acceptors (Lipinski definition) is 3. The summed E-state index contributed by atoms with van der Waals surface area (Å²) in [5.74, 6) is -3.92. The third-order valence-electron chi connectivity index (χ3n) is 3.40. The van der Waals surface area contributed by atoms with E-state index in [1.165, 1.54) is 4.90 Å². The minimum atomic E-state index is -1.27. The lowest BCUT2D eigenvalue weighted by atomic mass is 10.0. The number of carbonyl (C=O) groups is 2. The van der Waals surface area contributed by atoms with Crippen LogP contribution in [0.15, 0.2) is 12.1 Å². The van der Waals surface area contributed by atoms with E-state index in [1.54, 1.807) is 0 Å². The van der Waals surface area contributed by atoms with E-state index in [2.05, 4.69) is 5.32 Å². The van der Waals surface area contributed by atoms with Crippen LogP contribution in [0, 0.1) is 17.5 Å². The van der Waals surface area contributed by atoms with Crippen molar-refractivity contribution in [2.75, 3.05) is 19.6 Å². The average molecular weight is 315 g/mol. The molecule has 1 heterocycles. The molecule has 8 heteroatoms. The van der Waals surface area contributed by atoms with Crippen LogP contribution in [0.4, 0.5) is 13.2 Å². The summed E-state index contributed by atoms with van der Waals surface area (Å²) in [7, 11) is 0. The van der Waals surface area contributed by atoms with Crippen molar-refractivity contribution in [3.05, 3.63) is 35.1 Å². The third-order valence-corrected chi connectivity index (χ3v) is 3.40. The first-order valence-corrected chi connectivity index (χ1v) is 6.80. The first-order valence-electron chi connectivity index (χ1n) is 6.80. The highest BCUT2D eigenvalue weighted by Crippen LogP contribution is 2.16. The van der Waals surface area contributed by atoms with Gasteiger partial charge in [-0.1, -0.05) is 0 Å². The molecule has 0 aliphatic carbocycles. The summed E-state index contributed by atoms with van der Waals surface area (Å²) in [5, 5.41) is 2.59. The largest absolute Gasteiger partial charge is 0.353 e. The van der Waals surface area contributed by atoms with Crippen molar-refractivity contribution >= 4 is 11.8 Å². The van der Waals surface area contributed by atoms with Crippen LogP contribution in [0.1, 0.15) is 12.0 Å². The van der Waals surface area contributed by atoms with Crippen molar-refractivity contribution in [2.45, 2.75) is 18.9 Å². The second kappa shape index (κ2) is 6.78. The summed E-state index contributed by atoms with van der Waals surface area (Å²) < 4.78 is 39.5. The Morgan fingerprint density at radius 1 is 1.27 bits per heavy atom. The molecule has 2 amide bonds. The molecule has 3 N–H and O–H groups in total. The van der Waals surface area contributed by atoms with E-state index < -0.39 is 23.5 Å². The minimum Gasteiger partial charge on any atom is -0.353 e. The maximum absolute atomic E-state index is 13.5. The standard InChI is InChI=1S/C14H16F3N3O2/c15-10-6-12(17)11(16)4-8(10)3-9(18)5-14(22)20-2-1-19-13(21)7-20/h4,6,9H,1-3,5,7,18H2,(H,19,21). The van der Waals surface area contributed by atoms with Crippen LogP contribution in [0.3, 0.4) is 0 Å². The Morgan fingerprint density at radius 3 is 2.64 bits per heavy atom. The van der Waals surface area contributed by atoms with E-state index in [1.807, 2.05) is 0 Å². The lowest BCUT2D eigenvalue weighted by Gasteiger charge is -2.27. The van der Waals surface area contributed by atoms with Gasteiger partial charge in [-0.15, -0.1) is 0 Å². The van der Waals surface area contributed by atoms with Crippen LogP contribution in [0.5, 0.6) is 0 Å². The van der Waals surface area contributed by atoms with Gasteiger partial charge in [0, 0.05) is 31.6 Å². The molecule has 1 aliphatic rings. The molecule has 120 valence electrons. The number of benzene rings is 1. The number of amides is 2. The SMILES string of the molecule is NC(CC(=O)N1CCNC(=O)C1)Cc1cc(F)c(F)cc1F. The summed E-state index contributed by atoms with van der Waals surface area (Å²) in [5.41, 5.74) is 5.69. The summed E-state index contributed by atoms with van der Waals surface area (Å²) in [4.78, 5) is 24.6. The highest BCUT2D eigenvalue weighted by atomic mass is 19.2. The molecule has 5 nitrogen and oxygen atoms in total. The summed E-state index contributed by atoms with van der Waals surface area (Å²) in [6, 6.07) is 0.439. The molecule has 1 aliphatic heterocycles. The smallest absolute Gasteiger partial charge is 0.239 e. The number of halogens is 3. The maximum Gasteiger partial charge on any atom is 0.239 e. The molecule has 0 radical (unpaired) electrons. The number of nitrogens with two attached hydrogens (primary N) is 1. The number of nitrogens with one attached hydrogen (secondary N) is 1. The van der Waals surface area contributed by atoms with Gasteiger partial charge in [0.2, 0.25) is 11.8 Å². The molecular formula is C14H16F3N3O2. The van der Waals surface area contributed by atoms with E-state index in [-0.39, 0.29) is 36.8 Å². The molecule has 0 bridgehead atoms. The maximum atomic E-state index is 13.5. The van der Waals surface area contributed by atoms with Crippen molar-refractivity contribution in [3.8, 4) is 0 Å². The zero-order chi connectivity index (χ0) is 16.3. The van der Waals surface area contributed by atoms with Crippen molar-refractivity contribution in [3.63, 3.8) is 0 Å². The van der Waals surface area contributed by atoms with Gasteiger partial charge in [-0.3, -0.25) is 9.59 Å². The van der Waals surface area contributed by atoms with Gasteiger partial charge in [-0.2, -0.15) is 0 Å². The van der Waals surface area contributed by atoms with Crippen molar-refractivity contribution in [2.24, 2.45) is 5.73 Å². The molecule has 1 aromatic rings. The normalized spacial score (nSPS) is 16.4. The topological polar surface area (TPSA) is 75.4 Å². The molecule has 0 spiro atoms. The van der Waals surface area contributed by atoms with Crippen LogP contribution in [-0.4, -0.2) is 42.4 Å². The number of piperazine rings is 1. The number of rotatable bonds is 4. The number of nitrogens with zero attached hydrogens (tertiary/aromatic N) is 1. The average Bonchev–Trinajstić information content (AvgIpc) is 2.44. The van der Waals surface area contributed by atoms with Gasteiger partial charge in [0.1, 0.15) is 5.82 Å². The second-order valence-electron chi connectivity index (χ2n) is 5.19.